The standard InChI is InChI=1S/C13H10O3S/c1-15-11-7-6-9-12(14)8-4-2-3-5-10(8)16-13(9)17-11/h2-7,11H,1H3. The van der Waals surface area contributed by atoms with E-state index in [0.29, 0.717) is 21.6 Å². The number of hydrogen-bond acceptors (Lipinski definition) is 4. The van der Waals surface area contributed by atoms with E-state index < -0.39 is 0 Å². The van der Waals surface area contributed by atoms with Gasteiger partial charge in [0.05, 0.1) is 10.9 Å². The molecule has 1 aromatic heterocycles. The summed E-state index contributed by atoms with van der Waals surface area (Å²) in [6.07, 6.45) is 3.64. The lowest BCUT2D eigenvalue weighted by Gasteiger charge is -2.16. The second-order valence-corrected chi connectivity index (χ2v) is 4.78. The Morgan fingerprint density at radius 1 is 1.35 bits per heavy atom. The zero-order valence-corrected chi connectivity index (χ0v) is 9.99. The molecule has 2 heterocycles. The maximum absolute atomic E-state index is 12.2. The Labute approximate surface area is 102 Å². The Morgan fingerprint density at radius 3 is 3.00 bits per heavy atom. The SMILES string of the molecule is COC1C=Cc2c(oc3ccccc3c2=O)S1. The van der Waals surface area contributed by atoms with E-state index in [0.717, 1.165) is 0 Å². The van der Waals surface area contributed by atoms with E-state index in [1.807, 2.05) is 18.2 Å². The second-order valence-electron chi connectivity index (χ2n) is 3.71. The number of hydrogen-bond donors (Lipinski definition) is 0. The summed E-state index contributed by atoms with van der Waals surface area (Å²) in [6.45, 7) is 0. The Morgan fingerprint density at radius 2 is 2.18 bits per heavy atom. The summed E-state index contributed by atoms with van der Waals surface area (Å²) in [5, 5.41) is 1.25. The Kier molecular flexibility index (Phi) is 2.53. The fraction of sp³-hybridized carbons (Fsp3) is 0.154. The highest BCUT2D eigenvalue weighted by atomic mass is 32.2. The summed E-state index contributed by atoms with van der Waals surface area (Å²) in [7, 11) is 1.63. The molecular weight excluding hydrogens is 236 g/mol. The zero-order valence-electron chi connectivity index (χ0n) is 9.17. The lowest BCUT2D eigenvalue weighted by Crippen LogP contribution is -2.12. The van der Waals surface area contributed by atoms with Crippen LogP contribution in [0.4, 0.5) is 0 Å². The van der Waals surface area contributed by atoms with Gasteiger partial charge in [0.15, 0.2) is 5.09 Å². The monoisotopic (exact) mass is 246 g/mol. The van der Waals surface area contributed by atoms with E-state index in [9.17, 15) is 4.79 Å². The van der Waals surface area contributed by atoms with Crippen molar-refractivity contribution in [2.75, 3.05) is 7.11 Å². The van der Waals surface area contributed by atoms with E-state index >= 15 is 0 Å². The molecule has 0 amide bonds. The van der Waals surface area contributed by atoms with E-state index in [4.69, 9.17) is 9.15 Å². The highest BCUT2D eigenvalue weighted by Gasteiger charge is 2.20. The van der Waals surface area contributed by atoms with Gasteiger partial charge < -0.3 is 9.15 Å². The lowest BCUT2D eigenvalue weighted by molar-refractivity contribution is 0.206. The van der Waals surface area contributed by atoms with Crippen molar-refractivity contribution in [3.8, 4) is 0 Å². The van der Waals surface area contributed by atoms with Gasteiger partial charge in [-0.25, -0.2) is 0 Å². The van der Waals surface area contributed by atoms with Gasteiger partial charge in [-0.2, -0.15) is 0 Å². The van der Waals surface area contributed by atoms with Gasteiger partial charge in [0, 0.05) is 7.11 Å². The molecule has 1 aliphatic rings. The molecule has 0 bridgehead atoms. The number of methoxy groups -OCH3 is 1. The molecule has 1 atom stereocenters. The molecule has 0 aliphatic carbocycles. The number of thioether (sulfide) groups is 1. The van der Waals surface area contributed by atoms with Crippen LogP contribution >= 0.6 is 11.8 Å². The van der Waals surface area contributed by atoms with E-state index in [-0.39, 0.29) is 10.9 Å². The van der Waals surface area contributed by atoms with Crippen molar-refractivity contribution < 1.29 is 9.15 Å². The van der Waals surface area contributed by atoms with Crippen molar-refractivity contribution in [2.45, 2.75) is 10.5 Å². The fourth-order valence-electron chi connectivity index (χ4n) is 1.81. The van der Waals surface area contributed by atoms with Crippen LogP contribution in [0.15, 0.2) is 44.6 Å². The van der Waals surface area contributed by atoms with Crippen molar-refractivity contribution in [3.05, 3.63) is 46.1 Å². The third-order valence-electron chi connectivity index (χ3n) is 2.67. The molecule has 17 heavy (non-hydrogen) atoms. The Balaban J connectivity index is 2.28. The molecule has 4 heteroatoms. The van der Waals surface area contributed by atoms with Crippen LogP contribution in [-0.2, 0) is 4.74 Å². The molecule has 0 saturated carbocycles. The molecule has 0 fully saturated rings. The van der Waals surface area contributed by atoms with Gasteiger partial charge in [-0.3, -0.25) is 4.79 Å². The molecule has 3 rings (SSSR count). The van der Waals surface area contributed by atoms with Crippen molar-refractivity contribution in [1.82, 2.24) is 0 Å². The van der Waals surface area contributed by atoms with Crippen LogP contribution in [0.2, 0.25) is 0 Å². The van der Waals surface area contributed by atoms with E-state index in [1.165, 1.54) is 11.8 Å². The highest BCUT2D eigenvalue weighted by molar-refractivity contribution is 7.99. The number of rotatable bonds is 1. The minimum Gasteiger partial charge on any atom is -0.449 e. The first-order chi connectivity index (χ1) is 8.29. The zero-order chi connectivity index (χ0) is 11.8. The van der Waals surface area contributed by atoms with Crippen LogP contribution in [0, 0.1) is 0 Å². The maximum Gasteiger partial charge on any atom is 0.201 e. The van der Waals surface area contributed by atoms with Crippen molar-refractivity contribution >= 4 is 28.8 Å². The first-order valence-corrected chi connectivity index (χ1v) is 6.11. The molecule has 0 radical (unpaired) electrons. The summed E-state index contributed by atoms with van der Waals surface area (Å²) in [4.78, 5) is 12.2. The van der Waals surface area contributed by atoms with E-state index in [1.54, 1.807) is 25.3 Å². The summed E-state index contributed by atoms with van der Waals surface area (Å²) in [5.74, 6) is 0. The average Bonchev–Trinajstić information content (AvgIpc) is 2.38. The third kappa shape index (κ3) is 1.69. The predicted molar refractivity (Wildman–Crippen MR) is 68.2 cm³/mol. The molecule has 86 valence electrons. The molecule has 0 saturated heterocycles. The van der Waals surface area contributed by atoms with Gasteiger partial charge >= 0.3 is 0 Å². The lowest BCUT2D eigenvalue weighted by atomic mass is 10.1. The molecule has 1 aliphatic heterocycles. The summed E-state index contributed by atoms with van der Waals surface area (Å²) < 4.78 is 10.9. The highest BCUT2D eigenvalue weighted by Crippen LogP contribution is 2.33. The van der Waals surface area contributed by atoms with Gasteiger partial charge in [-0.05, 0) is 24.3 Å². The van der Waals surface area contributed by atoms with Gasteiger partial charge in [0.2, 0.25) is 5.43 Å². The maximum atomic E-state index is 12.2. The normalized spacial score (nSPS) is 18.3. The summed E-state index contributed by atoms with van der Waals surface area (Å²) >= 11 is 1.41. The topological polar surface area (TPSA) is 39.4 Å². The molecule has 1 aromatic carbocycles. The third-order valence-corrected chi connectivity index (χ3v) is 3.77. The van der Waals surface area contributed by atoms with Crippen molar-refractivity contribution in [3.63, 3.8) is 0 Å². The van der Waals surface area contributed by atoms with Crippen molar-refractivity contribution in [1.29, 1.82) is 0 Å². The quantitative estimate of drug-likeness (QED) is 0.775. The van der Waals surface area contributed by atoms with E-state index in [2.05, 4.69) is 0 Å². The van der Waals surface area contributed by atoms with Gasteiger partial charge in [-0.15, -0.1) is 0 Å². The van der Waals surface area contributed by atoms with Crippen molar-refractivity contribution in [2.24, 2.45) is 0 Å². The Hall–Kier alpha value is -1.52. The molecule has 3 nitrogen and oxygen atoms in total. The number of benzene rings is 1. The van der Waals surface area contributed by atoms with Crippen LogP contribution in [0.25, 0.3) is 17.0 Å². The molecule has 0 spiro atoms. The minimum atomic E-state index is -0.0909. The van der Waals surface area contributed by atoms with Gasteiger partial charge in [-0.1, -0.05) is 23.9 Å². The molecule has 2 aromatic rings. The summed E-state index contributed by atoms with van der Waals surface area (Å²) in [5.41, 5.74) is 1.16. The smallest absolute Gasteiger partial charge is 0.201 e. The van der Waals surface area contributed by atoms with Gasteiger partial charge in [0.1, 0.15) is 11.0 Å². The number of ether oxygens (including phenoxy) is 1. The first-order valence-electron chi connectivity index (χ1n) is 5.23. The fourth-order valence-corrected chi connectivity index (χ4v) is 2.70. The van der Waals surface area contributed by atoms with Crippen LogP contribution in [-0.4, -0.2) is 12.5 Å². The molecule has 0 N–H and O–H groups in total. The van der Waals surface area contributed by atoms with Crippen LogP contribution in [0.3, 0.4) is 0 Å². The van der Waals surface area contributed by atoms with Gasteiger partial charge in [0.25, 0.3) is 0 Å². The average molecular weight is 246 g/mol. The number of para-hydroxylation sites is 1. The largest absolute Gasteiger partial charge is 0.449 e. The number of fused-ring (bicyclic) bond motifs is 2. The Bertz CT molecular complexity index is 657. The van der Waals surface area contributed by atoms with Crippen LogP contribution in [0.1, 0.15) is 5.56 Å². The summed E-state index contributed by atoms with van der Waals surface area (Å²) in [6, 6.07) is 7.28. The molecule has 1 unspecified atom stereocenters. The molecular formula is C13H10O3S. The second kappa shape index (κ2) is 4.05. The minimum absolute atomic E-state index is 0.0140. The van der Waals surface area contributed by atoms with Crippen LogP contribution < -0.4 is 5.43 Å². The predicted octanol–water partition coefficient (Wildman–Crippen LogP) is 2.88. The van der Waals surface area contributed by atoms with Crippen LogP contribution in [0.5, 0.6) is 0 Å². The first kappa shape index (κ1) is 10.6.